The first-order valence-corrected chi connectivity index (χ1v) is 11.3. The van der Waals surface area contributed by atoms with Crippen LogP contribution >= 0.6 is 11.6 Å². The summed E-state index contributed by atoms with van der Waals surface area (Å²) in [6, 6.07) is 15.4. The number of ketones is 1. The second kappa shape index (κ2) is 7.98. The minimum absolute atomic E-state index is 0.0211. The SMILES string of the molecule is O=C1/C(=C/c2cc(Cl)cc3c2OCOC3)Oc2cc(OS(=O)(=O)c3ccccc3)ccc21. The number of ether oxygens (including phenoxy) is 3. The standard InChI is InChI=1S/C23H15ClO7S/c24-16-8-14(23-15(9-16)12-28-13-29-23)10-21-22(25)19-7-6-17(11-20(19)30-21)31-32(26,27)18-4-2-1-3-5-18/h1-11H,12-13H2/b21-10-. The normalized spacial score (nSPS) is 16.2. The summed E-state index contributed by atoms with van der Waals surface area (Å²) in [5.41, 5.74) is 1.64. The molecule has 0 radical (unpaired) electrons. The van der Waals surface area contributed by atoms with Crippen LogP contribution in [0.5, 0.6) is 17.2 Å². The Labute approximate surface area is 188 Å². The van der Waals surface area contributed by atoms with E-state index in [4.69, 9.17) is 30.0 Å². The summed E-state index contributed by atoms with van der Waals surface area (Å²) in [7, 11) is -4.02. The Balaban J connectivity index is 1.44. The lowest BCUT2D eigenvalue weighted by Crippen LogP contribution is -2.12. The molecule has 0 unspecified atom stereocenters. The van der Waals surface area contributed by atoms with Gasteiger partial charge in [0.2, 0.25) is 5.78 Å². The van der Waals surface area contributed by atoms with E-state index in [1.165, 1.54) is 30.3 Å². The van der Waals surface area contributed by atoms with Gasteiger partial charge in [0.25, 0.3) is 0 Å². The van der Waals surface area contributed by atoms with E-state index in [1.807, 2.05) is 0 Å². The van der Waals surface area contributed by atoms with Gasteiger partial charge in [-0.25, -0.2) is 0 Å². The Morgan fingerprint density at radius 2 is 1.84 bits per heavy atom. The number of carbonyl (C=O) groups excluding carboxylic acids is 1. The molecule has 0 amide bonds. The van der Waals surface area contributed by atoms with Crippen LogP contribution in [0.15, 0.2) is 71.3 Å². The minimum Gasteiger partial charge on any atom is -0.467 e. The largest absolute Gasteiger partial charge is 0.467 e. The molecule has 0 bridgehead atoms. The van der Waals surface area contributed by atoms with Gasteiger partial charge in [-0.15, -0.1) is 0 Å². The first kappa shape index (κ1) is 20.6. The number of fused-ring (bicyclic) bond motifs is 2. The van der Waals surface area contributed by atoms with Crippen molar-refractivity contribution in [1.29, 1.82) is 0 Å². The van der Waals surface area contributed by atoms with Crippen molar-refractivity contribution >= 4 is 33.6 Å². The summed E-state index contributed by atoms with van der Waals surface area (Å²) in [6.45, 7) is 0.439. The maximum absolute atomic E-state index is 12.8. The number of rotatable bonds is 4. The Morgan fingerprint density at radius 3 is 2.66 bits per heavy atom. The molecule has 2 aliphatic heterocycles. The fourth-order valence-electron chi connectivity index (χ4n) is 3.44. The molecule has 0 fully saturated rings. The third-order valence-electron chi connectivity index (χ3n) is 4.87. The van der Waals surface area contributed by atoms with E-state index >= 15 is 0 Å². The monoisotopic (exact) mass is 470 g/mol. The topological polar surface area (TPSA) is 88.1 Å². The number of carbonyl (C=O) groups is 1. The van der Waals surface area contributed by atoms with Crippen LogP contribution in [0.3, 0.4) is 0 Å². The summed E-state index contributed by atoms with van der Waals surface area (Å²) < 4.78 is 46.7. The molecule has 32 heavy (non-hydrogen) atoms. The van der Waals surface area contributed by atoms with Crippen LogP contribution in [-0.4, -0.2) is 21.0 Å². The van der Waals surface area contributed by atoms with Gasteiger partial charge >= 0.3 is 10.1 Å². The lowest BCUT2D eigenvalue weighted by molar-refractivity contribution is -0.0165. The highest BCUT2D eigenvalue weighted by atomic mass is 35.5. The van der Waals surface area contributed by atoms with Gasteiger partial charge < -0.3 is 18.4 Å². The lowest BCUT2D eigenvalue weighted by Gasteiger charge is -2.20. The molecule has 0 aromatic heterocycles. The zero-order chi connectivity index (χ0) is 22.3. The molecular formula is C23H15ClO7S. The van der Waals surface area contributed by atoms with Crippen molar-refractivity contribution < 1.29 is 31.6 Å². The number of allylic oxidation sites excluding steroid dienone is 1. The van der Waals surface area contributed by atoms with Gasteiger partial charge in [0.05, 0.1) is 12.2 Å². The molecular weight excluding hydrogens is 456 g/mol. The Morgan fingerprint density at radius 1 is 1.03 bits per heavy atom. The molecule has 0 aliphatic carbocycles. The average molecular weight is 471 g/mol. The number of halogens is 1. The smallest absolute Gasteiger partial charge is 0.339 e. The van der Waals surface area contributed by atoms with E-state index in [9.17, 15) is 13.2 Å². The van der Waals surface area contributed by atoms with Crippen LogP contribution in [0, 0.1) is 0 Å². The summed E-state index contributed by atoms with van der Waals surface area (Å²) in [6.07, 6.45) is 1.54. The second-order valence-electron chi connectivity index (χ2n) is 7.04. The molecule has 2 heterocycles. The van der Waals surface area contributed by atoms with Gasteiger partial charge in [0.1, 0.15) is 22.1 Å². The number of Topliss-reactive ketones (excluding diaryl/α,β-unsaturated/α-hetero) is 1. The molecule has 5 rings (SSSR count). The maximum Gasteiger partial charge on any atom is 0.339 e. The average Bonchev–Trinajstić information content (AvgIpc) is 3.08. The van der Waals surface area contributed by atoms with Crippen LogP contribution in [0.1, 0.15) is 21.5 Å². The predicted molar refractivity (Wildman–Crippen MR) is 115 cm³/mol. The fourth-order valence-corrected chi connectivity index (χ4v) is 4.63. The van der Waals surface area contributed by atoms with Crippen molar-refractivity contribution in [2.75, 3.05) is 6.79 Å². The van der Waals surface area contributed by atoms with Crippen LogP contribution < -0.4 is 13.7 Å². The predicted octanol–water partition coefficient (Wildman–Crippen LogP) is 4.59. The summed E-state index contributed by atoms with van der Waals surface area (Å²) in [5, 5.41) is 0.467. The van der Waals surface area contributed by atoms with Crippen LogP contribution in [0.2, 0.25) is 5.02 Å². The van der Waals surface area contributed by atoms with Gasteiger partial charge in [-0.2, -0.15) is 8.42 Å². The third-order valence-corrected chi connectivity index (χ3v) is 6.35. The summed E-state index contributed by atoms with van der Waals surface area (Å²) >= 11 is 6.19. The Hall–Kier alpha value is -3.33. The molecule has 0 saturated carbocycles. The zero-order valence-electron chi connectivity index (χ0n) is 16.4. The van der Waals surface area contributed by atoms with Gasteiger partial charge in [-0.1, -0.05) is 29.8 Å². The van der Waals surface area contributed by atoms with Crippen molar-refractivity contribution in [2.45, 2.75) is 11.5 Å². The quantitative estimate of drug-likeness (QED) is 0.407. The molecule has 2 aliphatic rings. The maximum atomic E-state index is 12.8. The number of hydrogen-bond donors (Lipinski definition) is 0. The van der Waals surface area contributed by atoms with Crippen molar-refractivity contribution in [2.24, 2.45) is 0 Å². The first-order valence-electron chi connectivity index (χ1n) is 9.51. The summed E-state index contributed by atoms with van der Waals surface area (Å²) in [5.74, 6) is 0.504. The molecule has 0 atom stereocenters. The Kier molecular flexibility index (Phi) is 5.13. The van der Waals surface area contributed by atoms with Crippen LogP contribution in [0.25, 0.3) is 6.08 Å². The fraction of sp³-hybridized carbons (Fsp3) is 0.0870. The molecule has 0 N–H and O–H groups in total. The molecule has 162 valence electrons. The van der Waals surface area contributed by atoms with E-state index in [0.717, 1.165) is 5.56 Å². The molecule has 3 aromatic carbocycles. The third kappa shape index (κ3) is 3.84. The van der Waals surface area contributed by atoms with E-state index in [2.05, 4.69) is 0 Å². The van der Waals surface area contributed by atoms with Gasteiger partial charge in [-0.3, -0.25) is 4.79 Å². The highest BCUT2D eigenvalue weighted by Gasteiger charge is 2.29. The Bertz CT molecular complexity index is 1360. The lowest BCUT2D eigenvalue weighted by atomic mass is 10.1. The molecule has 7 nitrogen and oxygen atoms in total. The van der Waals surface area contributed by atoms with Crippen molar-refractivity contribution in [3.8, 4) is 17.2 Å². The van der Waals surface area contributed by atoms with Crippen LogP contribution in [-0.2, 0) is 21.5 Å². The van der Waals surface area contributed by atoms with Crippen molar-refractivity contribution in [3.63, 3.8) is 0 Å². The molecule has 3 aromatic rings. The van der Waals surface area contributed by atoms with E-state index in [1.54, 1.807) is 36.4 Å². The molecule has 0 saturated heterocycles. The zero-order valence-corrected chi connectivity index (χ0v) is 18.0. The van der Waals surface area contributed by atoms with Crippen molar-refractivity contribution in [3.05, 3.63) is 88.1 Å². The highest BCUT2D eigenvalue weighted by Crippen LogP contribution is 2.38. The van der Waals surface area contributed by atoms with Crippen LogP contribution in [0.4, 0.5) is 0 Å². The number of benzene rings is 3. The highest BCUT2D eigenvalue weighted by molar-refractivity contribution is 7.87. The van der Waals surface area contributed by atoms with Crippen molar-refractivity contribution in [1.82, 2.24) is 0 Å². The minimum atomic E-state index is -4.02. The molecule has 9 heteroatoms. The van der Waals surface area contributed by atoms with E-state index in [0.29, 0.717) is 28.5 Å². The van der Waals surface area contributed by atoms with Gasteiger partial charge in [0.15, 0.2) is 12.6 Å². The number of hydrogen-bond acceptors (Lipinski definition) is 7. The van der Waals surface area contributed by atoms with E-state index < -0.39 is 10.1 Å². The molecule has 0 spiro atoms. The van der Waals surface area contributed by atoms with E-state index in [-0.39, 0.29) is 34.7 Å². The summed E-state index contributed by atoms with van der Waals surface area (Å²) in [4.78, 5) is 12.8. The second-order valence-corrected chi connectivity index (χ2v) is 9.02. The van der Waals surface area contributed by atoms with Gasteiger partial charge in [-0.05, 0) is 42.5 Å². The first-order chi connectivity index (χ1) is 15.4. The van der Waals surface area contributed by atoms with Gasteiger partial charge in [0, 0.05) is 22.2 Å².